The van der Waals surface area contributed by atoms with Gasteiger partial charge in [-0.3, -0.25) is 0 Å². The topological polar surface area (TPSA) is 52.3 Å². The second-order valence-electron chi connectivity index (χ2n) is 7.89. The van der Waals surface area contributed by atoms with Gasteiger partial charge in [-0.15, -0.1) is 11.3 Å². The zero-order valence-corrected chi connectivity index (χ0v) is 20.1. The summed E-state index contributed by atoms with van der Waals surface area (Å²) in [6.45, 7) is 2.01. The number of thiazole rings is 1. The third kappa shape index (κ3) is 3.34. The number of benzene rings is 3. The molecule has 7 heteroatoms. The SMILES string of the molecule is COc1c(-c2ccc3nc(C)sc3c2)c(Cl)nc2c(-c3ccccc3)c(-c3ccccc3)nn12. The van der Waals surface area contributed by atoms with E-state index in [0.29, 0.717) is 22.2 Å². The normalized spacial score (nSPS) is 11.4. The van der Waals surface area contributed by atoms with Crippen molar-refractivity contribution in [2.24, 2.45) is 0 Å². The summed E-state index contributed by atoms with van der Waals surface area (Å²) in [6, 6.07) is 26.3. The lowest BCUT2D eigenvalue weighted by Crippen LogP contribution is -2.02. The molecule has 0 aliphatic carbocycles. The molecule has 0 spiro atoms. The average molecular weight is 483 g/mol. The Labute approximate surface area is 205 Å². The van der Waals surface area contributed by atoms with Gasteiger partial charge < -0.3 is 4.74 Å². The number of hydrogen-bond donors (Lipinski definition) is 0. The van der Waals surface area contributed by atoms with Gasteiger partial charge in [0.1, 0.15) is 10.8 Å². The van der Waals surface area contributed by atoms with Crippen molar-refractivity contribution >= 4 is 38.8 Å². The zero-order valence-electron chi connectivity index (χ0n) is 18.5. The van der Waals surface area contributed by atoms with Crippen molar-refractivity contribution in [2.45, 2.75) is 6.92 Å². The Morgan fingerprint density at radius 2 is 1.53 bits per heavy atom. The highest BCUT2D eigenvalue weighted by Gasteiger charge is 2.24. The first-order valence-corrected chi connectivity index (χ1v) is 12.0. The van der Waals surface area contributed by atoms with Crippen LogP contribution < -0.4 is 4.74 Å². The van der Waals surface area contributed by atoms with Crippen LogP contribution in [0.25, 0.3) is 49.4 Å². The van der Waals surface area contributed by atoms with Crippen LogP contribution >= 0.6 is 22.9 Å². The zero-order chi connectivity index (χ0) is 23.2. The number of nitrogens with zero attached hydrogens (tertiary/aromatic N) is 4. The van der Waals surface area contributed by atoms with E-state index >= 15 is 0 Å². The minimum absolute atomic E-state index is 0.363. The molecule has 0 bridgehead atoms. The van der Waals surface area contributed by atoms with Crippen LogP contribution in [0.5, 0.6) is 5.88 Å². The molecule has 0 radical (unpaired) electrons. The second kappa shape index (κ2) is 8.24. The lowest BCUT2D eigenvalue weighted by atomic mass is 10.0. The standard InChI is InChI=1S/C27H19ClN4OS/c1-16-29-20-14-13-19(15-21(20)34-16)23-25(28)30-26-22(17-9-5-3-6-10-17)24(18-11-7-4-8-12-18)31-32(26)27(23)33-2/h3-15H,1-2H3. The van der Waals surface area contributed by atoms with Crippen molar-refractivity contribution < 1.29 is 4.74 Å². The number of ether oxygens (including phenoxy) is 1. The molecular formula is C27H19ClN4OS. The summed E-state index contributed by atoms with van der Waals surface area (Å²) >= 11 is 8.50. The van der Waals surface area contributed by atoms with Gasteiger partial charge in [0.05, 0.1) is 33.5 Å². The Bertz CT molecular complexity index is 1660. The van der Waals surface area contributed by atoms with E-state index in [2.05, 4.69) is 23.2 Å². The molecule has 0 saturated carbocycles. The molecule has 0 aliphatic heterocycles. The van der Waals surface area contributed by atoms with Gasteiger partial charge in [0, 0.05) is 5.56 Å². The Hall–Kier alpha value is -3.74. The summed E-state index contributed by atoms with van der Waals surface area (Å²) in [5, 5.41) is 6.37. The summed E-state index contributed by atoms with van der Waals surface area (Å²) in [5.41, 5.74) is 6.95. The molecule has 0 unspecified atom stereocenters. The number of aryl methyl sites for hydroxylation is 1. The fourth-order valence-electron chi connectivity index (χ4n) is 4.29. The van der Waals surface area contributed by atoms with Gasteiger partial charge in [-0.05, 0) is 30.2 Å². The number of hydrogen-bond acceptors (Lipinski definition) is 5. The summed E-state index contributed by atoms with van der Waals surface area (Å²) in [6.07, 6.45) is 0. The van der Waals surface area contributed by atoms with Gasteiger partial charge in [-0.25, -0.2) is 9.97 Å². The van der Waals surface area contributed by atoms with Crippen LogP contribution in [0.2, 0.25) is 5.15 Å². The minimum atomic E-state index is 0.363. The Morgan fingerprint density at radius 1 is 0.824 bits per heavy atom. The summed E-state index contributed by atoms with van der Waals surface area (Å²) in [5.74, 6) is 0.537. The molecule has 166 valence electrons. The molecule has 0 fully saturated rings. The van der Waals surface area contributed by atoms with Crippen LogP contribution in [-0.2, 0) is 0 Å². The lowest BCUT2D eigenvalue weighted by molar-refractivity contribution is 0.387. The van der Waals surface area contributed by atoms with Crippen molar-refractivity contribution in [2.75, 3.05) is 7.11 Å². The molecule has 6 aromatic rings. The van der Waals surface area contributed by atoms with Gasteiger partial charge in [0.15, 0.2) is 5.65 Å². The quantitative estimate of drug-likeness (QED) is 0.247. The van der Waals surface area contributed by atoms with Crippen LogP contribution in [0.4, 0.5) is 0 Å². The maximum absolute atomic E-state index is 6.85. The Kier molecular flexibility index (Phi) is 5.05. The number of fused-ring (bicyclic) bond motifs is 2. The molecule has 3 aromatic heterocycles. The maximum atomic E-state index is 6.85. The monoisotopic (exact) mass is 482 g/mol. The number of halogens is 1. The van der Waals surface area contributed by atoms with Crippen molar-refractivity contribution in [3.63, 3.8) is 0 Å². The molecule has 0 aliphatic rings. The summed E-state index contributed by atoms with van der Waals surface area (Å²) in [7, 11) is 1.63. The Morgan fingerprint density at radius 3 is 2.24 bits per heavy atom. The predicted octanol–water partition coefficient (Wildman–Crippen LogP) is 7.31. The van der Waals surface area contributed by atoms with E-state index < -0.39 is 0 Å². The highest BCUT2D eigenvalue weighted by molar-refractivity contribution is 7.18. The largest absolute Gasteiger partial charge is 0.480 e. The smallest absolute Gasteiger partial charge is 0.227 e. The molecular weight excluding hydrogens is 464 g/mol. The minimum Gasteiger partial charge on any atom is -0.480 e. The van der Waals surface area contributed by atoms with Crippen molar-refractivity contribution in [3.8, 4) is 39.4 Å². The first-order valence-electron chi connectivity index (χ1n) is 10.8. The van der Waals surface area contributed by atoms with Crippen LogP contribution in [0.15, 0.2) is 78.9 Å². The van der Waals surface area contributed by atoms with Gasteiger partial charge in [-0.1, -0.05) is 78.3 Å². The van der Waals surface area contributed by atoms with Gasteiger partial charge >= 0.3 is 0 Å². The molecule has 0 saturated heterocycles. The average Bonchev–Trinajstić information content (AvgIpc) is 3.43. The van der Waals surface area contributed by atoms with Gasteiger partial charge in [0.2, 0.25) is 5.88 Å². The highest BCUT2D eigenvalue weighted by Crippen LogP contribution is 2.42. The number of aromatic nitrogens is 4. The fourth-order valence-corrected chi connectivity index (χ4v) is 5.43. The molecule has 5 nitrogen and oxygen atoms in total. The first-order chi connectivity index (χ1) is 16.6. The van der Waals surface area contributed by atoms with E-state index in [1.54, 1.807) is 23.0 Å². The van der Waals surface area contributed by atoms with Crippen LogP contribution in [0.3, 0.4) is 0 Å². The van der Waals surface area contributed by atoms with Gasteiger partial charge in [-0.2, -0.15) is 9.61 Å². The van der Waals surface area contributed by atoms with Crippen LogP contribution in [0.1, 0.15) is 5.01 Å². The third-order valence-electron chi connectivity index (χ3n) is 5.76. The summed E-state index contributed by atoms with van der Waals surface area (Å²) in [4.78, 5) is 9.41. The predicted molar refractivity (Wildman–Crippen MR) is 139 cm³/mol. The lowest BCUT2D eigenvalue weighted by Gasteiger charge is -2.12. The van der Waals surface area contributed by atoms with E-state index in [1.165, 1.54) is 0 Å². The molecule has 0 N–H and O–H groups in total. The molecule has 3 heterocycles. The maximum Gasteiger partial charge on any atom is 0.227 e. The molecule has 6 rings (SSSR count). The van der Waals surface area contributed by atoms with Gasteiger partial charge in [0.25, 0.3) is 0 Å². The van der Waals surface area contributed by atoms with Crippen LogP contribution in [0, 0.1) is 6.92 Å². The van der Waals surface area contributed by atoms with E-state index in [4.69, 9.17) is 26.4 Å². The van der Waals surface area contributed by atoms with Crippen LogP contribution in [-0.4, -0.2) is 26.7 Å². The van der Waals surface area contributed by atoms with E-state index in [0.717, 1.165) is 43.2 Å². The van der Waals surface area contributed by atoms with E-state index in [1.807, 2.05) is 67.6 Å². The first kappa shape index (κ1) is 20.8. The number of rotatable bonds is 4. The number of methoxy groups -OCH3 is 1. The fraction of sp³-hybridized carbons (Fsp3) is 0.0741. The highest BCUT2D eigenvalue weighted by atomic mass is 35.5. The van der Waals surface area contributed by atoms with Crippen molar-refractivity contribution in [1.82, 2.24) is 19.6 Å². The van der Waals surface area contributed by atoms with E-state index in [-0.39, 0.29) is 0 Å². The second-order valence-corrected chi connectivity index (χ2v) is 9.49. The van der Waals surface area contributed by atoms with E-state index in [9.17, 15) is 0 Å². The van der Waals surface area contributed by atoms with Crippen molar-refractivity contribution in [3.05, 3.63) is 89.0 Å². The molecule has 0 amide bonds. The molecule has 34 heavy (non-hydrogen) atoms. The third-order valence-corrected chi connectivity index (χ3v) is 6.97. The Balaban J connectivity index is 1.67. The summed E-state index contributed by atoms with van der Waals surface area (Å²) < 4.78 is 8.76. The molecule has 0 atom stereocenters. The molecule has 3 aromatic carbocycles. The van der Waals surface area contributed by atoms with Crippen molar-refractivity contribution in [1.29, 1.82) is 0 Å².